The molecule has 0 spiro atoms. The van der Waals surface area contributed by atoms with E-state index >= 15 is 0 Å². The molecule has 1 heterocycles. The average molecular weight is 713 g/mol. The van der Waals surface area contributed by atoms with E-state index in [0.29, 0.717) is 24.3 Å². The fourth-order valence-electron chi connectivity index (χ4n) is 4.80. The molecule has 51 heavy (non-hydrogen) atoms. The third kappa shape index (κ3) is 23.3. The Morgan fingerprint density at radius 2 is 1.47 bits per heavy atom. The number of carbonyl (C=O) groups is 1. The van der Waals surface area contributed by atoms with Crippen molar-refractivity contribution in [2.75, 3.05) is 0 Å². The average Bonchev–Trinajstić information content (AvgIpc) is 3.48. The van der Waals surface area contributed by atoms with Crippen LogP contribution in [0.3, 0.4) is 0 Å². The molecule has 0 radical (unpaired) electrons. The normalized spacial score (nSPS) is 12.7. The standard InChI is InChI=1S/C13H13F3N2.C10H22.C8H9NO.C8H13N.C4H10/c1-3-11-8(2)17-12(18-11)9-4-6-10(7-5-9)13(14,15)16;1-5-6-10(4)8-7-9(2)3;10-7-9-6-8-4-2-1-3-5-8;1-2-7-3-5-8(9)6-4-7;1-4(2)3/h4-7H,3H2,1-2H3,(H,17,18);9-10H,5-8H2,1-4H3;1-5,7H,6H2,(H,9,10);3,5H,2,4,6,9H2,1H3;4H,1-3H3. The molecule has 1 amide bonds. The molecule has 0 aliphatic heterocycles. The minimum Gasteiger partial charge on any atom is -0.402 e. The summed E-state index contributed by atoms with van der Waals surface area (Å²) in [6.07, 6.45) is 10.3. The Kier molecular flexibility index (Phi) is 24.9. The Labute approximate surface area is 307 Å². The molecule has 5 nitrogen and oxygen atoms in total. The van der Waals surface area contributed by atoms with Gasteiger partial charge in [-0.05, 0) is 74.1 Å². The molecule has 2 aromatic carbocycles. The van der Waals surface area contributed by atoms with E-state index < -0.39 is 11.7 Å². The van der Waals surface area contributed by atoms with Gasteiger partial charge in [0, 0.05) is 23.5 Å². The number of allylic oxidation sites excluding steroid dienone is 4. The second-order valence-corrected chi connectivity index (χ2v) is 14.1. The number of nitrogens with two attached hydrogens (primary N) is 1. The lowest BCUT2D eigenvalue weighted by Crippen LogP contribution is -2.09. The van der Waals surface area contributed by atoms with Crippen LogP contribution in [0, 0.1) is 24.7 Å². The summed E-state index contributed by atoms with van der Waals surface area (Å²) in [4.78, 5) is 17.3. The highest BCUT2D eigenvalue weighted by Crippen LogP contribution is 2.30. The topological polar surface area (TPSA) is 83.8 Å². The molecule has 1 aromatic heterocycles. The summed E-state index contributed by atoms with van der Waals surface area (Å²) in [5, 5.41) is 2.58. The van der Waals surface area contributed by atoms with Gasteiger partial charge in [-0.2, -0.15) is 13.2 Å². The lowest BCUT2D eigenvalue weighted by Gasteiger charge is -2.10. The number of halogens is 3. The van der Waals surface area contributed by atoms with Crippen molar-refractivity contribution in [3.05, 3.63) is 101 Å². The van der Waals surface area contributed by atoms with E-state index in [-0.39, 0.29) is 0 Å². The van der Waals surface area contributed by atoms with Crippen molar-refractivity contribution in [1.82, 2.24) is 15.3 Å². The van der Waals surface area contributed by atoms with Crippen LogP contribution in [0.15, 0.2) is 78.0 Å². The molecule has 1 atom stereocenters. The van der Waals surface area contributed by atoms with Crippen molar-refractivity contribution >= 4 is 6.41 Å². The monoisotopic (exact) mass is 713 g/mol. The highest BCUT2D eigenvalue weighted by molar-refractivity contribution is 5.56. The predicted octanol–water partition coefficient (Wildman–Crippen LogP) is 12.4. The first-order valence-electron chi connectivity index (χ1n) is 18.7. The first kappa shape index (κ1) is 47.2. The molecule has 0 saturated carbocycles. The molecule has 0 bridgehead atoms. The van der Waals surface area contributed by atoms with Crippen LogP contribution in [0.4, 0.5) is 13.2 Å². The third-order valence-electron chi connectivity index (χ3n) is 7.78. The Balaban J connectivity index is 0.000000659. The van der Waals surface area contributed by atoms with Gasteiger partial charge in [0.1, 0.15) is 5.82 Å². The fraction of sp³-hybridized carbons (Fsp3) is 0.535. The lowest BCUT2D eigenvalue weighted by molar-refractivity contribution is -0.137. The van der Waals surface area contributed by atoms with Crippen LogP contribution in [0.5, 0.6) is 0 Å². The maximum atomic E-state index is 12.4. The number of hydrogen-bond acceptors (Lipinski definition) is 3. The van der Waals surface area contributed by atoms with Gasteiger partial charge in [-0.1, -0.05) is 142 Å². The molecule has 4 N–H and O–H groups in total. The van der Waals surface area contributed by atoms with E-state index in [0.717, 1.165) is 65.4 Å². The van der Waals surface area contributed by atoms with Crippen LogP contribution < -0.4 is 11.1 Å². The minimum absolute atomic E-state index is 0.609. The Morgan fingerprint density at radius 1 is 0.863 bits per heavy atom. The van der Waals surface area contributed by atoms with E-state index in [2.05, 4.69) is 76.8 Å². The molecule has 1 aliphatic rings. The summed E-state index contributed by atoms with van der Waals surface area (Å²) >= 11 is 0. The zero-order chi connectivity index (χ0) is 38.8. The number of amides is 1. The molecule has 0 fully saturated rings. The van der Waals surface area contributed by atoms with Crippen molar-refractivity contribution in [3.63, 3.8) is 0 Å². The number of rotatable bonds is 11. The molecule has 4 rings (SSSR count). The number of carbonyl (C=O) groups excluding carboxylic acids is 1. The van der Waals surface area contributed by atoms with E-state index in [1.165, 1.54) is 56.2 Å². The van der Waals surface area contributed by atoms with Gasteiger partial charge in [-0.25, -0.2) is 4.98 Å². The van der Waals surface area contributed by atoms with Crippen LogP contribution in [0.2, 0.25) is 0 Å². The molecule has 286 valence electrons. The number of H-pyrrole nitrogens is 1. The number of aryl methyl sites for hydroxylation is 2. The van der Waals surface area contributed by atoms with E-state index in [4.69, 9.17) is 5.73 Å². The smallest absolute Gasteiger partial charge is 0.402 e. The number of aromatic amines is 1. The second-order valence-electron chi connectivity index (χ2n) is 14.1. The van der Waals surface area contributed by atoms with Gasteiger partial charge in [0.25, 0.3) is 0 Å². The van der Waals surface area contributed by atoms with Gasteiger partial charge in [-0.15, -0.1) is 0 Å². The van der Waals surface area contributed by atoms with Crippen molar-refractivity contribution in [1.29, 1.82) is 0 Å². The Bertz CT molecular complexity index is 1370. The molecular weight excluding hydrogens is 645 g/mol. The maximum absolute atomic E-state index is 12.4. The van der Waals surface area contributed by atoms with Gasteiger partial charge in [0.15, 0.2) is 0 Å². The summed E-state index contributed by atoms with van der Waals surface area (Å²) in [5.74, 6) is 3.28. The quantitative estimate of drug-likeness (QED) is 0.173. The zero-order valence-electron chi connectivity index (χ0n) is 33.1. The van der Waals surface area contributed by atoms with E-state index in [9.17, 15) is 18.0 Å². The molecule has 1 unspecified atom stereocenters. The summed E-state index contributed by atoms with van der Waals surface area (Å²) in [7, 11) is 0. The number of hydrogen-bond donors (Lipinski definition) is 3. The largest absolute Gasteiger partial charge is 0.416 e. The van der Waals surface area contributed by atoms with Gasteiger partial charge in [-0.3, -0.25) is 4.79 Å². The van der Waals surface area contributed by atoms with Crippen LogP contribution in [-0.4, -0.2) is 16.4 Å². The molecule has 8 heteroatoms. The van der Waals surface area contributed by atoms with Crippen molar-refractivity contribution in [3.8, 4) is 11.4 Å². The highest BCUT2D eigenvalue weighted by Gasteiger charge is 2.30. The van der Waals surface area contributed by atoms with Gasteiger partial charge >= 0.3 is 6.18 Å². The number of aromatic nitrogens is 2. The number of alkyl halides is 3. The number of benzene rings is 2. The van der Waals surface area contributed by atoms with Crippen LogP contribution in [0.25, 0.3) is 11.4 Å². The van der Waals surface area contributed by atoms with Crippen LogP contribution in [-0.2, 0) is 23.9 Å². The SMILES string of the molecule is CC(C)C.CCC1=CC=C(N)CC1.CCCC(C)CCC(C)C.CCc1nc(-c2ccc(C(F)(F)F)cc2)[nH]c1C.O=CNCc1ccccc1. The number of nitrogens with zero attached hydrogens (tertiary/aromatic N) is 1. The zero-order valence-corrected chi connectivity index (χ0v) is 33.1. The Morgan fingerprint density at radius 3 is 1.90 bits per heavy atom. The first-order chi connectivity index (χ1) is 24.1. The third-order valence-corrected chi connectivity index (χ3v) is 7.78. The molecule has 1 aliphatic carbocycles. The van der Waals surface area contributed by atoms with Crippen LogP contribution in [0.1, 0.15) is 130 Å². The fourth-order valence-corrected chi connectivity index (χ4v) is 4.80. The van der Waals surface area contributed by atoms with E-state index in [1.807, 2.05) is 50.3 Å². The van der Waals surface area contributed by atoms with Gasteiger partial charge < -0.3 is 16.0 Å². The van der Waals surface area contributed by atoms with Gasteiger partial charge in [0.2, 0.25) is 6.41 Å². The summed E-state index contributed by atoms with van der Waals surface area (Å²) in [5.41, 5.74) is 11.1. The number of nitrogens with one attached hydrogen (secondary N) is 2. The summed E-state index contributed by atoms with van der Waals surface area (Å²) < 4.78 is 37.3. The molecule has 0 saturated heterocycles. The summed E-state index contributed by atoms with van der Waals surface area (Å²) in [6, 6.07) is 14.8. The van der Waals surface area contributed by atoms with Crippen LogP contribution >= 0.6 is 0 Å². The highest BCUT2D eigenvalue weighted by atomic mass is 19.4. The van der Waals surface area contributed by atoms with Crippen molar-refractivity contribution in [2.45, 2.75) is 133 Å². The van der Waals surface area contributed by atoms with Crippen molar-refractivity contribution < 1.29 is 18.0 Å². The lowest BCUT2D eigenvalue weighted by atomic mass is 9.96. The first-order valence-corrected chi connectivity index (χ1v) is 18.7. The molecule has 3 aromatic rings. The van der Waals surface area contributed by atoms with Crippen molar-refractivity contribution in [2.24, 2.45) is 23.5 Å². The van der Waals surface area contributed by atoms with E-state index in [1.54, 1.807) is 0 Å². The molecular formula is C43H67F3N4O. The minimum atomic E-state index is -4.30. The maximum Gasteiger partial charge on any atom is 0.416 e. The Hall–Kier alpha value is -3.81. The van der Waals surface area contributed by atoms with Gasteiger partial charge in [0.05, 0.1) is 11.3 Å². The number of imidazole rings is 1. The summed E-state index contributed by atoms with van der Waals surface area (Å²) in [6.45, 7) is 22.4. The predicted molar refractivity (Wildman–Crippen MR) is 211 cm³/mol. The second kappa shape index (κ2) is 26.9.